The lowest BCUT2D eigenvalue weighted by Crippen LogP contribution is -2.27. The monoisotopic (exact) mass is 217 g/mol. The zero-order chi connectivity index (χ0) is 11.6. The first-order chi connectivity index (χ1) is 7.63. The molecule has 2 aromatic rings. The molecule has 0 spiro atoms. The van der Waals surface area contributed by atoms with Crippen molar-refractivity contribution in [1.82, 2.24) is 4.98 Å². The third-order valence-corrected chi connectivity index (χ3v) is 2.65. The lowest BCUT2D eigenvalue weighted by atomic mass is 9.96. The summed E-state index contributed by atoms with van der Waals surface area (Å²) in [5.41, 5.74) is 0.734. The van der Waals surface area contributed by atoms with Crippen LogP contribution in [-0.4, -0.2) is 23.8 Å². The van der Waals surface area contributed by atoms with Crippen LogP contribution in [0.5, 0.6) is 0 Å². The summed E-state index contributed by atoms with van der Waals surface area (Å²) in [5.74, 6) is 0. The molecule has 0 amide bonds. The zero-order valence-electron chi connectivity index (χ0n) is 9.47. The van der Waals surface area contributed by atoms with Crippen LogP contribution in [0.25, 0.3) is 10.9 Å². The minimum atomic E-state index is -0.972. The second-order valence-corrected chi connectivity index (χ2v) is 4.12. The van der Waals surface area contributed by atoms with Gasteiger partial charge in [0.25, 0.3) is 0 Å². The number of pyridine rings is 1. The fraction of sp³-hybridized carbons (Fsp3) is 0.308. The molecule has 1 atom stereocenters. The van der Waals surface area contributed by atoms with Crippen molar-refractivity contribution in [1.29, 1.82) is 0 Å². The van der Waals surface area contributed by atoms with Crippen molar-refractivity contribution in [3.8, 4) is 0 Å². The minimum absolute atomic E-state index is 0.269. The molecule has 0 aliphatic rings. The number of methoxy groups -OCH3 is 1. The maximum atomic E-state index is 10.2. The van der Waals surface area contributed by atoms with Gasteiger partial charge in [0.15, 0.2) is 0 Å². The van der Waals surface area contributed by atoms with Gasteiger partial charge in [0.2, 0.25) is 0 Å². The molecule has 0 fully saturated rings. The van der Waals surface area contributed by atoms with Crippen molar-refractivity contribution in [2.45, 2.75) is 12.5 Å². The Hall–Kier alpha value is -1.45. The van der Waals surface area contributed by atoms with E-state index in [2.05, 4.69) is 4.98 Å². The standard InChI is InChI=1S/C13H15NO2/c1-13(15,9-16-2)11-6-5-10-4-3-7-14-12(10)8-11/h3-8,15H,9H2,1-2H3. The molecule has 16 heavy (non-hydrogen) atoms. The molecule has 1 aromatic heterocycles. The molecule has 0 aliphatic heterocycles. The summed E-state index contributed by atoms with van der Waals surface area (Å²) in [6.45, 7) is 2.01. The van der Waals surface area contributed by atoms with Gasteiger partial charge in [-0.3, -0.25) is 4.98 Å². The summed E-state index contributed by atoms with van der Waals surface area (Å²) >= 11 is 0. The third kappa shape index (κ3) is 2.05. The first-order valence-corrected chi connectivity index (χ1v) is 5.20. The largest absolute Gasteiger partial charge is 0.383 e. The average Bonchev–Trinajstić information content (AvgIpc) is 2.28. The molecule has 3 nitrogen and oxygen atoms in total. The summed E-state index contributed by atoms with van der Waals surface area (Å²) in [7, 11) is 1.58. The Morgan fingerprint density at radius 3 is 2.94 bits per heavy atom. The van der Waals surface area contributed by atoms with Gasteiger partial charge in [0, 0.05) is 18.7 Å². The number of benzene rings is 1. The Balaban J connectivity index is 2.46. The Morgan fingerprint density at radius 2 is 2.19 bits per heavy atom. The van der Waals surface area contributed by atoms with Crippen LogP contribution in [-0.2, 0) is 10.3 Å². The van der Waals surface area contributed by atoms with Gasteiger partial charge in [-0.1, -0.05) is 18.2 Å². The Morgan fingerprint density at radius 1 is 1.38 bits per heavy atom. The first kappa shape index (κ1) is 11.0. The molecule has 84 valence electrons. The average molecular weight is 217 g/mol. The molecule has 1 aromatic carbocycles. The quantitative estimate of drug-likeness (QED) is 0.856. The Bertz CT molecular complexity index is 494. The molecule has 0 aliphatic carbocycles. The van der Waals surface area contributed by atoms with Crippen molar-refractivity contribution < 1.29 is 9.84 Å². The third-order valence-electron chi connectivity index (χ3n) is 2.65. The van der Waals surface area contributed by atoms with Crippen molar-refractivity contribution >= 4 is 10.9 Å². The summed E-state index contributed by atoms with van der Waals surface area (Å²) in [4.78, 5) is 4.26. The van der Waals surface area contributed by atoms with Crippen LogP contribution in [0.4, 0.5) is 0 Å². The lowest BCUT2D eigenvalue weighted by Gasteiger charge is -2.22. The van der Waals surface area contributed by atoms with E-state index in [1.807, 2.05) is 30.3 Å². The van der Waals surface area contributed by atoms with Crippen LogP contribution in [0.3, 0.4) is 0 Å². The maximum Gasteiger partial charge on any atom is 0.110 e. The van der Waals surface area contributed by atoms with E-state index in [1.54, 1.807) is 20.2 Å². The lowest BCUT2D eigenvalue weighted by molar-refractivity contribution is -0.0207. The molecule has 3 heteroatoms. The van der Waals surface area contributed by atoms with Gasteiger partial charge in [-0.05, 0) is 24.6 Å². The zero-order valence-corrected chi connectivity index (χ0v) is 9.47. The highest BCUT2D eigenvalue weighted by atomic mass is 16.5. The van der Waals surface area contributed by atoms with Gasteiger partial charge in [-0.15, -0.1) is 0 Å². The molecule has 2 rings (SSSR count). The number of rotatable bonds is 3. The summed E-state index contributed by atoms with van der Waals surface area (Å²) in [6.07, 6.45) is 1.75. The van der Waals surface area contributed by atoms with Gasteiger partial charge in [0.05, 0.1) is 12.1 Å². The van der Waals surface area contributed by atoms with E-state index in [0.29, 0.717) is 0 Å². The molecular formula is C13H15NO2. The first-order valence-electron chi connectivity index (χ1n) is 5.20. The smallest absolute Gasteiger partial charge is 0.110 e. The minimum Gasteiger partial charge on any atom is -0.383 e. The molecule has 1 N–H and O–H groups in total. The van der Waals surface area contributed by atoms with Crippen LogP contribution in [0.1, 0.15) is 12.5 Å². The number of hydrogen-bond acceptors (Lipinski definition) is 3. The normalized spacial score (nSPS) is 14.9. The van der Waals surface area contributed by atoms with E-state index in [-0.39, 0.29) is 6.61 Å². The second kappa shape index (κ2) is 4.20. The molecule has 0 saturated heterocycles. The van der Waals surface area contributed by atoms with Crippen molar-refractivity contribution in [2.24, 2.45) is 0 Å². The summed E-state index contributed by atoms with van der Waals surface area (Å²) in [5, 5.41) is 11.3. The van der Waals surface area contributed by atoms with E-state index in [9.17, 15) is 5.11 Å². The van der Waals surface area contributed by atoms with Crippen LogP contribution < -0.4 is 0 Å². The van der Waals surface area contributed by atoms with Crippen LogP contribution >= 0.6 is 0 Å². The predicted molar refractivity (Wildman–Crippen MR) is 63.2 cm³/mol. The van der Waals surface area contributed by atoms with Crippen molar-refractivity contribution in [2.75, 3.05) is 13.7 Å². The predicted octanol–water partition coefficient (Wildman–Crippen LogP) is 2.09. The van der Waals surface area contributed by atoms with E-state index in [1.165, 1.54) is 0 Å². The van der Waals surface area contributed by atoms with Gasteiger partial charge < -0.3 is 9.84 Å². The van der Waals surface area contributed by atoms with Crippen molar-refractivity contribution in [3.63, 3.8) is 0 Å². The highest BCUT2D eigenvalue weighted by Crippen LogP contribution is 2.23. The van der Waals surface area contributed by atoms with Crippen molar-refractivity contribution in [3.05, 3.63) is 42.1 Å². The molecule has 1 unspecified atom stereocenters. The number of hydrogen-bond donors (Lipinski definition) is 1. The summed E-state index contributed by atoms with van der Waals surface area (Å²) < 4.78 is 5.00. The van der Waals surface area contributed by atoms with E-state index >= 15 is 0 Å². The van der Waals surface area contributed by atoms with E-state index in [4.69, 9.17) is 4.74 Å². The van der Waals surface area contributed by atoms with Gasteiger partial charge in [-0.2, -0.15) is 0 Å². The highest BCUT2D eigenvalue weighted by Gasteiger charge is 2.23. The van der Waals surface area contributed by atoms with Gasteiger partial charge in [0.1, 0.15) is 5.60 Å². The Labute approximate surface area is 94.7 Å². The van der Waals surface area contributed by atoms with Crippen LogP contribution in [0.15, 0.2) is 36.5 Å². The summed E-state index contributed by atoms with van der Waals surface area (Å²) in [6, 6.07) is 9.66. The molecule has 0 bridgehead atoms. The number of aromatic nitrogens is 1. The van der Waals surface area contributed by atoms with Gasteiger partial charge >= 0.3 is 0 Å². The fourth-order valence-corrected chi connectivity index (χ4v) is 1.77. The number of fused-ring (bicyclic) bond motifs is 1. The van der Waals surface area contributed by atoms with Crippen LogP contribution in [0.2, 0.25) is 0 Å². The number of aliphatic hydroxyl groups is 1. The topological polar surface area (TPSA) is 42.4 Å². The molecule has 0 radical (unpaired) electrons. The Kier molecular flexibility index (Phi) is 2.90. The maximum absolute atomic E-state index is 10.2. The number of nitrogens with zero attached hydrogens (tertiary/aromatic N) is 1. The fourth-order valence-electron chi connectivity index (χ4n) is 1.77. The second-order valence-electron chi connectivity index (χ2n) is 4.12. The van der Waals surface area contributed by atoms with E-state index in [0.717, 1.165) is 16.5 Å². The van der Waals surface area contributed by atoms with E-state index < -0.39 is 5.60 Å². The molecular weight excluding hydrogens is 202 g/mol. The highest BCUT2D eigenvalue weighted by molar-refractivity contribution is 5.79. The number of ether oxygens (including phenoxy) is 1. The van der Waals surface area contributed by atoms with Gasteiger partial charge in [-0.25, -0.2) is 0 Å². The molecule has 0 saturated carbocycles. The van der Waals surface area contributed by atoms with Crippen LogP contribution in [0, 0.1) is 0 Å². The molecule has 1 heterocycles. The SMILES string of the molecule is COCC(C)(O)c1ccc2cccnc2c1.